The summed E-state index contributed by atoms with van der Waals surface area (Å²) in [5, 5.41) is 0. The summed E-state index contributed by atoms with van der Waals surface area (Å²) in [6, 6.07) is 0. The predicted octanol–water partition coefficient (Wildman–Crippen LogP) is 9.23. The number of hydrogen-bond acceptors (Lipinski definition) is 4. The van der Waals surface area contributed by atoms with Crippen molar-refractivity contribution in [1.82, 2.24) is 0 Å². The van der Waals surface area contributed by atoms with Crippen LogP contribution in [0.1, 0.15) is 111 Å². The molecule has 0 saturated carbocycles. The minimum absolute atomic E-state index is 0.0903. The van der Waals surface area contributed by atoms with E-state index in [0.717, 1.165) is 44.9 Å². The molecule has 4 nitrogen and oxygen atoms in total. The third kappa shape index (κ3) is 11.0. The molecule has 9 heteroatoms. The Bertz CT molecular complexity index is 727. The third-order valence-corrected chi connectivity index (χ3v) is 6.29. The maximum atomic E-state index is 13.9. The Kier molecular flexibility index (Phi) is 17.8. The molecule has 0 aliphatic carbocycles. The summed E-state index contributed by atoms with van der Waals surface area (Å²) in [7, 11) is 0. The first-order chi connectivity index (χ1) is 18.3. The van der Waals surface area contributed by atoms with Gasteiger partial charge in [0, 0.05) is 5.92 Å². The predicted molar refractivity (Wildman–Crippen MR) is 139 cm³/mol. The van der Waals surface area contributed by atoms with Crippen LogP contribution in [0.2, 0.25) is 0 Å². The van der Waals surface area contributed by atoms with E-state index in [9.17, 15) is 22.0 Å². The molecule has 0 N–H and O–H groups in total. The van der Waals surface area contributed by atoms with Gasteiger partial charge in [-0.1, -0.05) is 66.2 Å². The van der Waals surface area contributed by atoms with Crippen molar-refractivity contribution in [3.05, 3.63) is 29.1 Å². The van der Waals surface area contributed by atoms with Crippen molar-refractivity contribution in [3.8, 4) is 5.75 Å². The molecule has 1 aromatic rings. The summed E-state index contributed by atoms with van der Waals surface area (Å²) >= 11 is 0. The molecule has 1 atom stereocenters. The van der Waals surface area contributed by atoms with E-state index in [-0.39, 0.29) is 12.5 Å². The smallest absolute Gasteiger partial charge is 0.285 e. The second-order valence-corrected chi connectivity index (χ2v) is 9.65. The first kappa shape index (κ1) is 34.6. The fourth-order valence-electron chi connectivity index (χ4n) is 4.26. The molecule has 222 valence electrons. The van der Waals surface area contributed by atoms with Gasteiger partial charge in [0.25, 0.3) is 5.97 Å². The molecule has 0 saturated heterocycles. The largest absolute Gasteiger partial charge is 0.487 e. The van der Waals surface area contributed by atoms with Gasteiger partial charge in [-0.05, 0) is 44.9 Å². The van der Waals surface area contributed by atoms with E-state index in [1.54, 1.807) is 0 Å². The van der Waals surface area contributed by atoms with Crippen LogP contribution in [0.4, 0.5) is 22.0 Å². The van der Waals surface area contributed by atoms with Crippen molar-refractivity contribution in [2.24, 2.45) is 5.92 Å². The van der Waals surface area contributed by atoms with Crippen molar-refractivity contribution < 1.29 is 40.9 Å². The van der Waals surface area contributed by atoms with Gasteiger partial charge < -0.3 is 18.9 Å². The maximum Gasteiger partial charge on any atom is 0.285 e. The Morgan fingerprint density at radius 2 is 0.921 bits per heavy atom. The zero-order valence-electron chi connectivity index (χ0n) is 23.6. The molecule has 0 aliphatic rings. The van der Waals surface area contributed by atoms with Crippen molar-refractivity contribution in [1.29, 1.82) is 0 Å². The van der Waals surface area contributed by atoms with Crippen LogP contribution in [-0.4, -0.2) is 32.4 Å². The first-order valence-electron chi connectivity index (χ1n) is 14.3. The summed E-state index contributed by atoms with van der Waals surface area (Å²) in [5.41, 5.74) is 0. The Balaban J connectivity index is 2.91. The van der Waals surface area contributed by atoms with Crippen LogP contribution in [0.25, 0.3) is 0 Å². The van der Waals surface area contributed by atoms with Crippen LogP contribution >= 0.6 is 0 Å². The molecule has 0 heterocycles. The van der Waals surface area contributed by atoms with Crippen LogP contribution in [-0.2, 0) is 14.2 Å². The summed E-state index contributed by atoms with van der Waals surface area (Å²) < 4.78 is 91.7. The quantitative estimate of drug-likeness (QED) is 0.0444. The van der Waals surface area contributed by atoms with E-state index in [1.807, 2.05) is 20.8 Å². The molecule has 0 spiro atoms. The minimum Gasteiger partial charge on any atom is -0.487 e. The van der Waals surface area contributed by atoms with E-state index >= 15 is 0 Å². The first-order valence-corrected chi connectivity index (χ1v) is 14.3. The van der Waals surface area contributed by atoms with E-state index < -0.39 is 40.8 Å². The molecule has 38 heavy (non-hydrogen) atoms. The molecule has 0 amide bonds. The van der Waals surface area contributed by atoms with Crippen molar-refractivity contribution >= 4 is 0 Å². The van der Waals surface area contributed by atoms with Gasteiger partial charge in [-0.25, -0.2) is 13.2 Å². The standard InChI is InChI=1S/C29H47F5O4/c1-5-9-10-11-12-13-16-22(29(36-18-6-2,37-19-7-3)38-20-8-4)17-14-15-21-35-28-26(33)24(31)23(30)25(32)27(28)34/h22H,5-21H2,1-4H3. The molecule has 0 radical (unpaired) electrons. The van der Waals surface area contributed by atoms with Gasteiger partial charge in [0.15, 0.2) is 5.75 Å². The molecule has 1 unspecified atom stereocenters. The van der Waals surface area contributed by atoms with Gasteiger partial charge >= 0.3 is 0 Å². The molecule has 0 bridgehead atoms. The summed E-state index contributed by atoms with van der Waals surface area (Å²) in [6.07, 6.45) is 11.6. The Labute approximate surface area is 225 Å². The highest BCUT2D eigenvalue weighted by molar-refractivity contribution is 5.29. The van der Waals surface area contributed by atoms with E-state index in [0.29, 0.717) is 39.1 Å². The lowest BCUT2D eigenvalue weighted by Gasteiger charge is -2.40. The van der Waals surface area contributed by atoms with Crippen molar-refractivity contribution in [2.45, 2.75) is 117 Å². The lowest BCUT2D eigenvalue weighted by atomic mass is 9.92. The second kappa shape index (κ2) is 19.6. The van der Waals surface area contributed by atoms with Crippen molar-refractivity contribution in [3.63, 3.8) is 0 Å². The Morgan fingerprint density at radius 3 is 1.39 bits per heavy atom. The maximum absolute atomic E-state index is 13.9. The van der Waals surface area contributed by atoms with E-state index in [1.165, 1.54) is 19.3 Å². The summed E-state index contributed by atoms with van der Waals surface area (Å²) in [6.45, 7) is 9.46. The van der Waals surface area contributed by atoms with Crippen LogP contribution < -0.4 is 4.74 Å². The zero-order valence-corrected chi connectivity index (χ0v) is 23.6. The third-order valence-electron chi connectivity index (χ3n) is 6.29. The van der Waals surface area contributed by atoms with E-state index in [2.05, 4.69) is 6.92 Å². The highest BCUT2D eigenvalue weighted by atomic mass is 19.2. The molecule has 0 aliphatic heterocycles. The van der Waals surface area contributed by atoms with E-state index in [4.69, 9.17) is 18.9 Å². The normalized spacial score (nSPS) is 12.8. The van der Waals surface area contributed by atoms with Gasteiger partial charge in [-0.3, -0.25) is 0 Å². The average molecular weight is 555 g/mol. The van der Waals surface area contributed by atoms with Crippen LogP contribution in [0.15, 0.2) is 0 Å². The number of hydrogen-bond donors (Lipinski definition) is 0. The van der Waals surface area contributed by atoms with Crippen LogP contribution in [0.5, 0.6) is 5.75 Å². The number of benzene rings is 1. The molecule has 0 aromatic heterocycles. The number of rotatable bonds is 23. The zero-order chi connectivity index (χ0) is 28.4. The summed E-state index contributed by atoms with van der Waals surface area (Å²) in [4.78, 5) is 0. The van der Waals surface area contributed by atoms with Gasteiger partial charge in [0.05, 0.1) is 26.4 Å². The fourth-order valence-corrected chi connectivity index (χ4v) is 4.26. The van der Waals surface area contributed by atoms with Crippen molar-refractivity contribution in [2.75, 3.05) is 26.4 Å². The topological polar surface area (TPSA) is 36.9 Å². The molecule has 1 aromatic carbocycles. The number of unbranched alkanes of at least 4 members (excludes halogenated alkanes) is 6. The fraction of sp³-hybridized carbons (Fsp3) is 0.793. The van der Waals surface area contributed by atoms with Crippen LogP contribution in [0.3, 0.4) is 0 Å². The Hall–Kier alpha value is -1.45. The molecule has 1 rings (SSSR count). The SMILES string of the molecule is CCCCCCCCC(CCCCOc1c(F)c(F)c(F)c(F)c1F)C(OCCC)(OCCC)OCCC. The lowest BCUT2D eigenvalue weighted by Crippen LogP contribution is -2.47. The second-order valence-electron chi connectivity index (χ2n) is 9.65. The minimum atomic E-state index is -2.20. The van der Waals surface area contributed by atoms with Crippen LogP contribution in [0, 0.1) is 35.0 Å². The number of ether oxygens (including phenoxy) is 4. The van der Waals surface area contributed by atoms with Gasteiger partial charge in [-0.2, -0.15) is 8.78 Å². The van der Waals surface area contributed by atoms with Gasteiger partial charge in [0.2, 0.25) is 29.1 Å². The molecular weight excluding hydrogens is 507 g/mol. The summed E-state index contributed by atoms with van der Waals surface area (Å²) in [5.74, 6) is -12.7. The highest BCUT2D eigenvalue weighted by Gasteiger charge is 2.42. The highest BCUT2D eigenvalue weighted by Crippen LogP contribution is 2.35. The lowest BCUT2D eigenvalue weighted by molar-refractivity contribution is -0.406. The van der Waals surface area contributed by atoms with Gasteiger partial charge in [-0.15, -0.1) is 0 Å². The van der Waals surface area contributed by atoms with Gasteiger partial charge in [0.1, 0.15) is 0 Å². The average Bonchev–Trinajstić information content (AvgIpc) is 2.92. The Morgan fingerprint density at radius 1 is 0.500 bits per heavy atom. The molecular formula is C29H47F5O4. The number of halogens is 5. The monoisotopic (exact) mass is 554 g/mol. The molecule has 0 fully saturated rings.